The predicted molar refractivity (Wildman–Crippen MR) is 104 cm³/mol. The number of aryl methyl sites for hydroxylation is 1. The van der Waals surface area contributed by atoms with E-state index in [1.807, 2.05) is 73.7 Å². The number of carbonyl (C=O) groups excluding carboxylic acids is 1. The summed E-state index contributed by atoms with van der Waals surface area (Å²) in [6.07, 6.45) is 6.91. The van der Waals surface area contributed by atoms with Crippen LogP contribution in [0, 0.1) is 6.92 Å². The van der Waals surface area contributed by atoms with E-state index in [9.17, 15) is 4.79 Å². The molecule has 1 aliphatic rings. The number of rotatable bonds is 1. The van der Waals surface area contributed by atoms with Gasteiger partial charge in [-0.3, -0.25) is 9.78 Å². The molecular weight excluding hydrogens is 429 g/mol. The van der Waals surface area contributed by atoms with Crippen LogP contribution in [0.2, 0.25) is 0 Å². The fourth-order valence-electron chi connectivity index (χ4n) is 2.37. The molecule has 5 heteroatoms. The number of allylic oxidation sites excluding steroid dienone is 1. The largest absolute Gasteiger partial charge is 0.287 e. The molecule has 1 heterocycles. The summed E-state index contributed by atoms with van der Waals surface area (Å²) in [4.78, 5) is 15.7. The Balaban J connectivity index is 0.000000278. The van der Waals surface area contributed by atoms with Crippen LogP contribution < -0.4 is 5.36 Å². The minimum absolute atomic E-state index is 0. The first-order valence-corrected chi connectivity index (χ1v) is 8.26. The van der Waals surface area contributed by atoms with Crippen molar-refractivity contribution in [3.05, 3.63) is 107 Å². The summed E-state index contributed by atoms with van der Waals surface area (Å²) in [6.45, 7) is 2.04. The zero-order valence-electron chi connectivity index (χ0n) is 14.7. The molecule has 0 radical (unpaired) electrons. The Kier molecular flexibility index (Phi) is 7.82. The molecule has 4 nitrogen and oxygen atoms in total. The van der Waals surface area contributed by atoms with E-state index in [1.165, 1.54) is 11.6 Å². The van der Waals surface area contributed by atoms with Gasteiger partial charge in [-0.1, -0.05) is 30.3 Å². The van der Waals surface area contributed by atoms with Gasteiger partial charge in [0.1, 0.15) is 5.71 Å². The quantitative estimate of drug-likeness (QED) is 0.325. The third-order valence-corrected chi connectivity index (χ3v) is 3.73. The Labute approximate surface area is 172 Å². The molecule has 0 saturated heterocycles. The van der Waals surface area contributed by atoms with Crippen LogP contribution in [0.25, 0.3) is 6.08 Å². The van der Waals surface area contributed by atoms with Crippen molar-refractivity contribution in [3.8, 4) is 0 Å². The Morgan fingerprint density at radius 2 is 1.63 bits per heavy atom. The average molecular weight is 447 g/mol. The van der Waals surface area contributed by atoms with Crippen LogP contribution in [-0.4, -0.2) is 16.5 Å². The molecule has 27 heavy (non-hydrogen) atoms. The average Bonchev–Trinajstić information content (AvgIpc) is 2.69. The van der Waals surface area contributed by atoms with E-state index in [0.29, 0.717) is 5.71 Å². The van der Waals surface area contributed by atoms with Crippen LogP contribution in [0.1, 0.15) is 16.7 Å². The molecule has 138 valence electrons. The second-order valence-corrected chi connectivity index (χ2v) is 5.69. The van der Waals surface area contributed by atoms with E-state index in [2.05, 4.69) is 15.2 Å². The van der Waals surface area contributed by atoms with Crippen molar-refractivity contribution in [2.24, 2.45) is 10.2 Å². The van der Waals surface area contributed by atoms with Crippen LogP contribution in [0.15, 0.2) is 95.4 Å². The smallest absolute Gasteiger partial charge is 0.206 e. The number of hydrogen-bond donors (Lipinski definition) is 0. The monoisotopic (exact) mass is 446 g/mol. The zero-order chi connectivity index (χ0) is 18.2. The Bertz CT molecular complexity index is 1000. The number of carbonyl (C=O) groups is 1. The standard InChI is InChI=1S/C16H11N2O.C6H7N.Pd/c19-15-11-10-12-6-4-5-9-14(12)16(15)18-17-13-7-2-1-3-8-13;1-6-2-4-7-5-3-6;/h1-11H;2-5H,1H3;/q-1;;/b18-16-;;. The van der Waals surface area contributed by atoms with E-state index in [0.717, 1.165) is 16.5 Å². The van der Waals surface area contributed by atoms with Gasteiger partial charge in [-0.2, -0.15) is 23.3 Å². The van der Waals surface area contributed by atoms with Crippen molar-refractivity contribution in [2.45, 2.75) is 6.92 Å². The number of fused-ring (bicyclic) bond motifs is 1. The summed E-state index contributed by atoms with van der Waals surface area (Å²) in [5, 5.41) is 8.96. The number of hydrogen-bond acceptors (Lipinski definition) is 4. The molecule has 1 aliphatic carbocycles. The molecule has 0 bridgehead atoms. The number of aromatic nitrogens is 1. The van der Waals surface area contributed by atoms with Gasteiger partial charge in [-0.15, -0.1) is 17.2 Å². The Morgan fingerprint density at radius 1 is 0.889 bits per heavy atom. The second kappa shape index (κ2) is 10.3. The van der Waals surface area contributed by atoms with Gasteiger partial charge in [0.25, 0.3) is 0 Å². The summed E-state index contributed by atoms with van der Waals surface area (Å²) in [7, 11) is 0. The molecule has 0 N–H and O–H groups in total. The maximum absolute atomic E-state index is 11.9. The molecule has 0 saturated carbocycles. The summed E-state index contributed by atoms with van der Waals surface area (Å²) in [6, 6.07) is 21.0. The van der Waals surface area contributed by atoms with Crippen molar-refractivity contribution >= 4 is 17.6 Å². The minimum atomic E-state index is -0.113. The van der Waals surface area contributed by atoms with Gasteiger partial charge in [0.05, 0.1) is 0 Å². The molecule has 0 aliphatic heterocycles. The first-order valence-electron chi connectivity index (χ1n) is 8.26. The third kappa shape index (κ3) is 5.82. The van der Waals surface area contributed by atoms with Crippen molar-refractivity contribution in [1.29, 1.82) is 0 Å². The maximum Gasteiger partial charge on any atom is 0.206 e. The number of benzene rings is 2. The molecule has 2 aromatic carbocycles. The van der Waals surface area contributed by atoms with E-state index < -0.39 is 0 Å². The summed E-state index contributed by atoms with van der Waals surface area (Å²) >= 11 is 0. The molecule has 0 unspecified atom stereocenters. The van der Waals surface area contributed by atoms with Crippen LogP contribution in [0.5, 0.6) is 0 Å². The maximum atomic E-state index is 11.9. The van der Waals surface area contributed by atoms with Crippen molar-refractivity contribution in [2.75, 3.05) is 0 Å². The van der Waals surface area contributed by atoms with Crippen LogP contribution in [0.4, 0.5) is 0 Å². The van der Waals surface area contributed by atoms with E-state index >= 15 is 0 Å². The van der Waals surface area contributed by atoms with Crippen LogP contribution >= 0.6 is 0 Å². The Morgan fingerprint density at radius 3 is 2.30 bits per heavy atom. The topological polar surface area (TPSA) is 54.7 Å². The number of pyridine rings is 1. The summed E-state index contributed by atoms with van der Waals surface area (Å²) in [5.41, 5.74) is 3.47. The first kappa shape index (κ1) is 20.4. The van der Waals surface area contributed by atoms with Crippen molar-refractivity contribution in [1.82, 2.24) is 4.98 Å². The SMILES string of the molecule is Cc1ccncc1.O=C1C=Cc2ccccc2/C1=N/N=c1cccc[cH-]1.[Pd]. The molecule has 1 aromatic heterocycles. The minimum Gasteiger partial charge on any atom is -0.287 e. The van der Waals surface area contributed by atoms with Gasteiger partial charge in [-0.05, 0) is 41.6 Å². The second-order valence-electron chi connectivity index (χ2n) is 5.69. The normalized spacial score (nSPS) is 13.1. The van der Waals surface area contributed by atoms with Gasteiger partial charge in [0.15, 0.2) is 0 Å². The summed E-state index contributed by atoms with van der Waals surface area (Å²) < 4.78 is 0. The van der Waals surface area contributed by atoms with Crippen LogP contribution in [-0.2, 0) is 25.2 Å². The van der Waals surface area contributed by atoms with Crippen molar-refractivity contribution in [3.63, 3.8) is 0 Å². The van der Waals surface area contributed by atoms with E-state index in [-0.39, 0.29) is 26.2 Å². The third-order valence-electron chi connectivity index (χ3n) is 3.73. The zero-order valence-corrected chi connectivity index (χ0v) is 16.3. The fourth-order valence-corrected chi connectivity index (χ4v) is 2.37. The van der Waals surface area contributed by atoms with E-state index in [4.69, 9.17) is 0 Å². The molecule has 0 amide bonds. The van der Waals surface area contributed by atoms with Crippen molar-refractivity contribution < 1.29 is 25.2 Å². The van der Waals surface area contributed by atoms with Gasteiger partial charge >= 0.3 is 0 Å². The summed E-state index contributed by atoms with van der Waals surface area (Å²) in [5.74, 6) is -0.113. The van der Waals surface area contributed by atoms with Gasteiger partial charge in [-0.25, -0.2) is 0 Å². The van der Waals surface area contributed by atoms with Crippen LogP contribution in [0.3, 0.4) is 0 Å². The fraction of sp³-hybridized carbons (Fsp3) is 0.0455. The number of ketones is 1. The van der Waals surface area contributed by atoms with Gasteiger partial charge in [0.2, 0.25) is 5.78 Å². The first-order chi connectivity index (χ1) is 12.7. The molecular formula is C22H18N3OPd-. The number of nitrogens with zero attached hydrogens (tertiary/aromatic N) is 3. The molecule has 0 spiro atoms. The Hall–Kier alpha value is -2.87. The molecule has 0 atom stereocenters. The molecule has 4 rings (SSSR count). The van der Waals surface area contributed by atoms with Gasteiger partial charge < -0.3 is 0 Å². The van der Waals surface area contributed by atoms with E-state index in [1.54, 1.807) is 18.5 Å². The molecule has 3 aromatic rings. The molecule has 0 fully saturated rings. The van der Waals surface area contributed by atoms with Gasteiger partial charge in [0, 0.05) is 38.4 Å². The predicted octanol–water partition coefficient (Wildman–Crippen LogP) is 3.69.